The minimum absolute atomic E-state index is 0.0211. The van der Waals surface area contributed by atoms with E-state index in [4.69, 9.17) is 19.8 Å². The van der Waals surface area contributed by atoms with Crippen LogP contribution < -0.4 is 5.73 Å². The number of rotatable bonds is 1. The van der Waals surface area contributed by atoms with E-state index in [-0.39, 0.29) is 11.6 Å². The fraction of sp³-hybridized carbons (Fsp3) is 0. The molecule has 0 atom stereocenters. The lowest BCUT2D eigenvalue weighted by Gasteiger charge is -1.89. The average Bonchev–Trinajstić information content (AvgIpc) is 2.92. The highest BCUT2D eigenvalue weighted by Crippen LogP contribution is 2.31. The molecule has 0 fully saturated rings. The SMILES string of the molecule is N#Cc1nc(-c2coc3ccccc23)oc1N. The number of benzene rings is 1. The molecule has 0 aliphatic rings. The molecule has 2 heterocycles. The Labute approximate surface area is 96.1 Å². The first-order chi connectivity index (χ1) is 8.29. The number of nitrogens with two attached hydrogens (primary N) is 1. The van der Waals surface area contributed by atoms with Crippen molar-refractivity contribution in [3.8, 4) is 17.5 Å². The summed E-state index contributed by atoms with van der Waals surface area (Å²) in [6.07, 6.45) is 1.54. The Morgan fingerprint density at radius 3 is 2.88 bits per heavy atom. The number of para-hydroxylation sites is 1. The molecule has 0 unspecified atom stereocenters. The third-order valence-electron chi connectivity index (χ3n) is 2.47. The molecule has 2 N–H and O–H groups in total. The summed E-state index contributed by atoms with van der Waals surface area (Å²) in [5.41, 5.74) is 7.03. The van der Waals surface area contributed by atoms with Crippen LogP contribution in [0.5, 0.6) is 0 Å². The topological polar surface area (TPSA) is 89.0 Å². The number of nitrogens with zero attached hydrogens (tertiary/aromatic N) is 2. The minimum Gasteiger partial charge on any atom is -0.463 e. The zero-order chi connectivity index (χ0) is 11.8. The number of hydrogen-bond donors (Lipinski definition) is 1. The number of nitrogen functional groups attached to an aromatic ring is 1. The van der Waals surface area contributed by atoms with Gasteiger partial charge in [-0.05, 0) is 6.07 Å². The summed E-state index contributed by atoms with van der Waals surface area (Å²) in [5, 5.41) is 9.64. The van der Waals surface area contributed by atoms with E-state index in [9.17, 15) is 0 Å². The van der Waals surface area contributed by atoms with Gasteiger partial charge in [-0.3, -0.25) is 0 Å². The number of anilines is 1. The van der Waals surface area contributed by atoms with Gasteiger partial charge in [-0.15, -0.1) is 0 Å². The number of oxazole rings is 1. The molecule has 0 saturated carbocycles. The van der Waals surface area contributed by atoms with Crippen molar-refractivity contribution in [2.75, 3.05) is 5.73 Å². The normalized spacial score (nSPS) is 10.5. The number of fused-ring (bicyclic) bond motifs is 1. The molecule has 0 spiro atoms. The second-order valence-corrected chi connectivity index (χ2v) is 3.49. The number of aromatic nitrogens is 1. The summed E-state index contributed by atoms with van der Waals surface area (Å²) < 4.78 is 10.6. The highest BCUT2D eigenvalue weighted by atomic mass is 16.4. The summed E-state index contributed by atoms with van der Waals surface area (Å²) >= 11 is 0. The monoisotopic (exact) mass is 225 g/mol. The Balaban J connectivity index is 2.24. The molecule has 0 aliphatic carbocycles. The van der Waals surface area contributed by atoms with Gasteiger partial charge in [0.05, 0.1) is 5.56 Å². The first kappa shape index (κ1) is 9.48. The molecule has 5 nitrogen and oxygen atoms in total. The van der Waals surface area contributed by atoms with Gasteiger partial charge in [0, 0.05) is 5.39 Å². The van der Waals surface area contributed by atoms with Gasteiger partial charge >= 0.3 is 0 Å². The zero-order valence-corrected chi connectivity index (χ0v) is 8.68. The number of furan rings is 1. The lowest BCUT2D eigenvalue weighted by molar-refractivity contribution is 0.585. The minimum atomic E-state index is 0.0211. The predicted octanol–water partition coefficient (Wildman–Crippen LogP) is 2.54. The molecule has 0 bridgehead atoms. The highest BCUT2D eigenvalue weighted by Gasteiger charge is 2.16. The fourth-order valence-electron chi connectivity index (χ4n) is 1.67. The third kappa shape index (κ3) is 1.35. The smallest absolute Gasteiger partial charge is 0.233 e. The van der Waals surface area contributed by atoms with E-state index in [2.05, 4.69) is 4.98 Å². The van der Waals surface area contributed by atoms with Crippen LogP contribution in [0.1, 0.15) is 5.69 Å². The van der Waals surface area contributed by atoms with Crippen LogP contribution in [0.15, 0.2) is 39.4 Å². The van der Waals surface area contributed by atoms with Crippen molar-refractivity contribution in [2.24, 2.45) is 0 Å². The van der Waals surface area contributed by atoms with Crippen LogP contribution in [0.4, 0.5) is 5.88 Å². The largest absolute Gasteiger partial charge is 0.463 e. The van der Waals surface area contributed by atoms with Crippen molar-refractivity contribution < 1.29 is 8.83 Å². The number of hydrogen-bond acceptors (Lipinski definition) is 5. The predicted molar refractivity (Wildman–Crippen MR) is 60.8 cm³/mol. The molecule has 0 radical (unpaired) electrons. The molecule has 0 aliphatic heterocycles. The van der Waals surface area contributed by atoms with Crippen molar-refractivity contribution in [1.82, 2.24) is 4.98 Å². The van der Waals surface area contributed by atoms with Crippen molar-refractivity contribution in [3.05, 3.63) is 36.2 Å². The molecule has 3 rings (SSSR count). The average molecular weight is 225 g/mol. The van der Waals surface area contributed by atoms with E-state index in [1.165, 1.54) is 6.26 Å². The van der Waals surface area contributed by atoms with Crippen LogP contribution in [0, 0.1) is 11.3 Å². The molecule has 3 aromatic rings. The van der Waals surface area contributed by atoms with Gasteiger partial charge in [0.1, 0.15) is 17.9 Å². The van der Waals surface area contributed by atoms with Crippen molar-refractivity contribution in [2.45, 2.75) is 0 Å². The van der Waals surface area contributed by atoms with Crippen LogP contribution in [0.25, 0.3) is 22.4 Å². The van der Waals surface area contributed by atoms with Gasteiger partial charge in [-0.2, -0.15) is 10.2 Å². The highest BCUT2D eigenvalue weighted by molar-refractivity contribution is 5.91. The molecule has 1 aromatic carbocycles. The summed E-state index contributed by atoms with van der Waals surface area (Å²) in [4.78, 5) is 4.01. The first-order valence-electron chi connectivity index (χ1n) is 4.92. The Hall–Kier alpha value is -2.74. The van der Waals surface area contributed by atoms with Gasteiger partial charge in [0.25, 0.3) is 0 Å². The van der Waals surface area contributed by atoms with Gasteiger partial charge in [0.2, 0.25) is 17.5 Å². The molecule has 0 saturated heterocycles. The van der Waals surface area contributed by atoms with E-state index in [0.717, 1.165) is 11.0 Å². The van der Waals surface area contributed by atoms with Crippen molar-refractivity contribution in [1.29, 1.82) is 5.26 Å². The number of nitriles is 1. The molecule has 82 valence electrons. The van der Waals surface area contributed by atoms with Gasteiger partial charge in [-0.1, -0.05) is 18.2 Å². The Bertz CT molecular complexity index is 734. The maximum absolute atomic E-state index is 8.77. The maximum atomic E-state index is 8.77. The second-order valence-electron chi connectivity index (χ2n) is 3.49. The Morgan fingerprint density at radius 2 is 2.12 bits per heavy atom. The maximum Gasteiger partial charge on any atom is 0.233 e. The lowest BCUT2D eigenvalue weighted by Crippen LogP contribution is -1.84. The standard InChI is InChI=1S/C12H7N3O2/c13-5-9-11(14)17-12(15-9)8-6-16-10-4-2-1-3-7(8)10/h1-4,6H,14H2. The van der Waals surface area contributed by atoms with E-state index < -0.39 is 0 Å². The zero-order valence-electron chi connectivity index (χ0n) is 8.68. The summed E-state index contributed by atoms with van der Waals surface area (Å²) in [5.74, 6) is 0.316. The molecule has 5 heteroatoms. The Morgan fingerprint density at radius 1 is 1.29 bits per heavy atom. The molecule has 0 amide bonds. The van der Waals surface area contributed by atoms with E-state index in [0.29, 0.717) is 11.5 Å². The van der Waals surface area contributed by atoms with E-state index >= 15 is 0 Å². The summed E-state index contributed by atoms with van der Waals surface area (Å²) in [6, 6.07) is 9.36. The van der Waals surface area contributed by atoms with Crippen LogP contribution in [-0.4, -0.2) is 4.98 Å². The lowest BCUT2D eigenvalue weighted by atomic mass is 10.2. The molecular weight excluding hydrogens is 218 g/mol. The van der Waals surface area contributed by atoms with E-state index in [1.807, 2.05) is 30.3 Å². The summed E-state index contributed by atoms with van der Waals surface area (Å²) in [6.45, 7) is 0. The summed E-state index contributed by atoms with van der Waals surface area (Å²) in [7, 11) is 0. The third-order valence-corrected chi connectivity index (χ3v) is 2.47. The van der Waals surface area contributed by atoms with Crippen LogP contribution in [0.2, 0.25) is 0 Å². The van der Waals surface area contributed by atoms with Crippen molar-refractivity contribution in [3.63, 3.8) is 0 Å². The van der Waals surface area contributed by atoms with Crippen molar-refractivity contribution >= 4 is 16.9 Å². The first-order valence-corrected chi connectivity index (χ1v) is 4.92. The van der Waals surface area contributed by atoms with Crippen LogP contribution in [0.3, 0.4) is 0 Å². The van der Waals surface area contributed by atoms with Gasteiger partial charge in [0.15, 0.2) is 0 Å². The van der Waals surface area contributed by atoms with Crippen LogP contribution in [-0.2, 0) is 0 Å². The molecule has 2 aromatic heterocycles. The quantitative estimate of drug-likeness (QED) is 0.687. The van der Waals surface area contributed by atoms with Gasteiger partial charge in [-0.25, -0.2) is 0 Å². The Kier molecular flexibility index (Phi) is 1.89. The fourth-order valence-corrected chi connectivity index (χ4v) is 1.67. The molecular formula is C12H7N3O2. The second kappa shape index (κ2) is 3.39. The molecule has 17 heavy (non-hydrogen) atoms. The van der Waals surface area contributed by atoms with Gasteiger partial charge < -0.3 is 14.6 Å². The van der Waals surface area contributed by atoms with Crippen LogP contribution >= 0.6 is 0 Å². The van der Waals surface area contributed by atoms with E-state index in [1.54, 1.807) is 0 Å².